The molecule has 0 aromatic carbocycles. The monoisotopic (exact) mass is 280 g/mol. The van der Waals surface area contributed by atoms with Gasteiger partial charge in [-0.3, -0.25) is 0 Å². The van der Waals surface area contributed by atoms with Crippen molar-refractivity contribution in [2.24, 2.45) is 5.16 Å². The summed E-state index contributed by atoms with van der Waals surface area (Å²) < 4.78 is 0. The normalized spacial score (nSPS) is 11.7. The van der Waals surface area contributed by atoms with Crippen LogP contribution in [-0.4, -0.2) is 16.8 Å². The van der Waals surface area contributed by atoms with Crippen molar-refractivity contribution in [2.45, 2.75) is 12.8 Å². The molecule has 2 aromatic heterocycles. The highest BCUT2D eigenvalue weighted by atomic mass is 32.1. The number of thiophene rings is 2. The molecule has 0 atom stereocenters. The second-order valence-corrected chi connectivity index (χ2v) is 5.79. The molecule has 0 aliphatic rings. The summed E-state index contributed by atoms with van der Waals surface area (Å²) in [4.78, 5) is 13.5. The molecule has 6 heteroatoms. The van der Waals surface area contributed by atoms with Crippen LogP contribution in [0.3, 0.4) is 0 Å². The van der Waals surface area contributed by atoms with E-state index in [-0.39, 0.29) is 0 Å². The molecule has 0 radical (unpaired) electrons. The fourth-order valence-corrected chi connectivity index (χ4v) is 3.22. The third kappa shape index (κ3) is 2.96. The Kier molecular flexibility index (Phi) is 4.11. The Balaban J connectivity index is 2.04. The van der Waals surface area contributed by atoms with Crippen molar-refractivity contribution < 1.29 is 9.90 Å². The summed E-state index contributed by atoms with van der Waals surface area (Å²) in [6, 6.07) is 7.56. The average Bonchev–Trinajstić information content (AvgIpc) is 2.97. The first-order chi connectivity index (χ1) is 8.70. The third-order valence-corrected chi connectivity index (χ3v) is 4.47. The maximum absolute atomic E-state index is 10.8. The molecule has 1 N–H and O–H groups in total. The number of hydrogen-bond donors (Lipinski definition) is 1. The lowest BCUT2D eigenvalue weighted by Gasteiger charge is -1.99. The van der Waals surface area contributed by atoms with Gasteiger partial charge in [-0.2, -0.15) is 0 Å². The molecule has 0 unspecified atom stereocenters. The summed E-state index contributed by atoms with van der Waals surface area (Å²) >= 11 is 3.01. The fraction of sp³-hybridized carbons (Fsp3) is 0.167. The second-order valence-electron chi connectivity index (χ2n) is 3.59. The van der Waals surface area contributed by atoms with Gasteiger partial charge in [-0.1, -0.05) is 6.07 Å². The van der Waals surface area contributed by atoms with Gasteiger partial charge in [0.1, 0.15) is 0 Å². The van der Waals surface area contributed by atoms with Crippen LogP contribution >= 0.6 is 22.7 Å². The first-order valence-electron chi connectivity index (χ1n) is 5.26. The van der Waals surface area contributed by atoms with Crippen molar-refractivity contribution in [3.63, 3.8) is 0 Å². The maximum Gasteiger partial charge on any atom is 0.355 e. The summed E-state index contributed by atoms with van der Waals surface area (Å²) in [5.74, 6) is -1.28. The predicted octanol–water partition coefficient (Wildman–Crippen LogP) is 2.97. The van der Waals surface area contributed by atoms with Gasteiger partial charge in [-0.25, -0.2) is 4.79 Å². The van der Waals surface area contributed by atoms with Crippen LogP contribution in [0.25, 0.3) is 0 Å². The topological polar surface area (TPSA) is 72.7 Å². The summed E-state index contributed by atoms with van der Waals surface area (Å²) in [5, 5.41) is 23.8. The molecule has 0 amide bonds. The van der Waals surface area contributed by atoms with Crippen LogP contribution in [0, 0.1) is 5.21 Å². The largest absolute Gasteiger partial charge is 0.791 e. The molecule has 4 nitrogen and oxygen atoms in total. The van der Waals surface area contributed by atoms with E-state index in [2.05, 4.69) is 11.2 Å². The van der Waals surface area contributed by atoms with Crippen molar-refractivity contribution in [1.82, 2.24) is 0 Å². The van der Waals surface area contributed by atoms with Gasteiger partial charge < -0.3 is 15.5 Å². The predicted molar refractivity (Wildman–Crippen MR) is 73.6 cm³/mol. The minimum absolute atomic E-state index is 0.414. The Bertz CT molecular complexity index is 558. The van der Waals surface area contributed by atoms with Gasteiger partial charge in [0.05, 0.1) is 4.88 Å². The van der Waals surface area contributed by atoms with E-state index in [1.807, 2.05) is 17.5 Å². The van der Waals surface area contributed by atoms with E-state index in [1.54, 1.807) is 17.4 Å². The molecule has 0 fully saturated rings. The molecule has 2 aromatic rings. The summed E-state index contributed by atoms with van der Waals surface area (Å²) in [6.45, 7) is 0. The van der Waals surface area contributed by atoms with Gasteiger partial charge in [0, 0.05) is 9.75 Å². The number of carboxylic acids is 1. The molecule has 0 aliphatic carbocycles. The van der Waals surface area contributed by atoms with Gasteiger partial charge in [0.2, 0.25) is 0 Å². The van der Waals surface area contributed by atoms with Crippen molar-refractivity contribution in [3.8, 4) is 0 Å². The van der Waals surface area contributed by atoms with E-state index in [0.29, 0.717) is 4.88 Å². The molecule has 18 heavy (non-hydrogen) atoms. The lowest BCUT2D eigenvalue weighted by molar-refractivity contribution is -0.129. The molecule has 2 heterocycles. The highest BCUT2D eigenvalue weighted by Gasteiger charge is 2.13. The molecule has 0 saturated heterocycles. The smallest absolute Gasteiger partial charge is 0.355 e. The Morgan fingerprint density at radius 3 is 2.67 bits per heavy atom. The van der Waals surface area contributed by atoms with Crippen LogP contribution in [0.4, 0.5) is 0 Å². The first-order valence-corrected chi connectivity index (χ1v) is 6.95. The molecular formula is C12H10NO3S2-. The highest BCUT2D eigenvalue weighted by Crippen LogP contribution is 2.20. The average molecular weight is 280 g/mol. The van der Waals surface area contributed by atoms with Gasteiger partial charge in [0.25, 0.3) is 0 Å². The van der Waals surface area contributed by atoms with Crippen LogP contribution in [0.15, 0.2) is 34.8 Å². The number of carbonyl (C=O) groups is 1. The van der Waals surface area contributed by atoms with Gasteiger partial charge in [0.15, 0.2) is 5.71 Å². The third-order valence-electron chi connectivity index (χ3n) is 2.39. The number of aryl methyl sites for hydroxylation is 2. The summed E-state index contributed by atoms with van der Waals surface area (Å²) in [7, 11) is 0. The van der Waals surface area contributed by atoms with Crippen molar-refractivity contribution >= 4 is 34.4 Å². The number of nitrogens with zero attached hydrogens (tertiary/aromatic N) is 1. The first kappa shape index (κ1) is 12.8. The highest BCUT2D eigenvalue weighted by molar-refractivity contribution is 7.15. The van der Waals surface area contributed by atoms with Crippen molar-refractivity contribution in [2.75, 3.05) is 0 Å². The van der Waals surface area contributed by atoms with Crippen molar-refractivity contribution in [3.05, 3.63) is 49.5 Å². The zero-order valence-electron chi connectivity index (χ0n) is 9.33. The maximum atomic E-state index is 10.8. The van der Waals surface area contributed by atoms with Crippen LogP contribution in [0.2, 0.25) is 0 Å². The van der Waals surface area contributed by atoms with Crippen LogP contribution in [0.5, 0.6) is 0 Å². The fourth-order valence-electron chi connectivity index (χ4n) is 1.53. The van der Waals surface area contributed by atoms with Gasteiger partial charge >= 0.3 is 5.97 Å². The Labute approximate surface area is 112 Å². The quantitative estimate of drug-likeness (QED) is 0.676. The zero-order chi connectivity index (χ0) is 13.0. The van der Waals surface area contributed by atoms with Crippen LogP contribution < -0.4 is 0 Å². The Morgan fingerprint density at radius 1 is 1.28 bits per heavy atom. The zero-order valence-corrected chi connectivity index (χ0v) is 11.0. The van der Waals surface area contributed by atoms with E-state index < -0.39 is 11.7 Å². The number of rotatable bonds is 5. The molecule has 0 bridgehead atoms. The standard InChI is InChI=1S/C12H11NO3S2/c14-12(15)11(13-16)10-6-5-9(18-10)4-3-8-2-1-7-17-8/h1-2,5-7,16H,3-4H2,(H,14,15)/p-1/b13-11+. The SMILES string of the molecule is O=C(O)/C(=N/[O-])c1ccc(CCc2cccs2)s1. The molecular weight excluding hydrogens is 270 g/mol. The van der Waals surface area contributed by atoms with E-state index >= 15 is 0 Å². The number of aliphatic carboxylic acids is 1. The molecule has 0 saturated carbocycles. The second kappa shape index (κ2) is 5.79. The Morgan fingerprint density at radius 2 is 2.06 bits per heavy atom. The van der Waals surface area contributed by atoms with Gasteiger partial charge in [-0.15, -0.1) is 22.7 Å². The molecule has 0 spiro atoms. The molecule has 0 aliphatic heterocycles. The van der Waals surface area contributed by atoms with E-state index in [1.165, 1.54) is 16.2 Å². The lowest BCUT2D eigenvalue weighted by Crippen LogP contribution is -2.12. The number of hydrogen-bond acceptors (Lipinski definition) is 5. The van der Waals surface area contributed by atoms with Gasteiger partial charge in [-0.05, 0) is 36.4 Å². The molecule has 94 valence electrons. The summed E-state index contributed by atoms with van der Waals surface area (Å²) in [5.41, 5.74) is -0.414. The van der Waals surface area contributed by atoms with E-state index in [4.69, 9.17) is 5.11 Å². The molecule has 2 rings (SSSR count). The Hall–Kier alpha value is -1.66. The summed E-state index contributed by atoms with van der Waals surface area (Å²) in [6.07, 6.45) is 1.77. The van der Waals surface area contributed by atoms with Crippen LogP contribution in [0.1, 0.15) is 14.6 Å². The lowest BCUT2D eigenvalue weighted by atomic mass is 10.2. The number of carboxylic acid groups (broad SMARTS) is 1. The minimum Gasteiger partial charge on any atom is -0.791 e. The van der Waals surface area contributed by atoms with E-state index in [0.717, 1.165) is 17.7 Å². The minimum atomic E-state index is -1.28. The van der Waals surface area contributed by atoms with Crippen molar-refractivity contribution in [1.29, 1.82) is 0 Å². The van der Waals surface area contributed by atoms with Crippen LogP contribution in [-0.2, 0) is 17.6 Å². The van der Waals surface area contributed by atoms with E-state index in [9.17, 15) is 10.0 Å².